The molecule has 0 spiro atoms. The summed E-state index contributed by atoms with van der Waals surface area (Å²) in [4.78, 5) is 24.1. The van der Waals surface area contributed by atoms with Crippen LogP contribution in [0.2, 0.25) is 0 Å². The molecule has 4 atom stereocenters. The van der Waals surface area contributed by atoms with E-state index in [1.807, 2.05) is 4.98 Å². The lowest BCUT2D eigenvalue weighted by molar-refractivity contribution is -0.215. The van der Waals surface area contributed by atoms with Gasteiger partial charge in [0, 0.05) is 0 Å². The van der Waals surface area contributed by atoms with Crippen LogP contribution in [0.1, 0.15) is 6.23 Å². The zero-order chi connectivity index (χ0) is 12.6. The first-order chi connectivity index (χ1) is 8.00. The fourth-order valence-electron chi connectivity index (χ4n) is 1.55. The third-order valence-corrected chi connectivity index (χ3v) is 2.45. The van der Waals surface area contributed by atoms with Crippen molar-refractivity contribution in [2.75, 3.05) is 6.61 Å². The van der Waals surface area contributed by atoms with Gasteiger partial charge in [0.05, 0.1) is 6.61 Å². The van der Waals surface area contributed by atoms with Gasteiger partial charge in [0.2, 0.25) is 0 Å². The molecule has 1 saturated heterocycles. The van der Waals surface area contributed by atoms with Gasteiger partial charge in [-0.25, -0.2) is 4.79 Å². The number of nitrogens with one attached hydrogen (secondary N) is 1. The zero-order valence-corrected chi connectivity index (χ0v) is 8.55. The van der Waals surface area contributed by atoms with Crippen molar-refractivity contribution in [3.63, 3.8) is 0 Å². The van der Waals surface area contributed by atoms with Gasteiger partial charge in [0.25, 0.3) is 5.56 Å². The van der Waals surface area contributed by atoms with E-state index < -0.39 is 35.8 Å². The van der Waals surface area contributed by atoms with E-state index in [4.69, 9.17) is 4.74 Å². The predicted molar refractivity (Wildman–Crippen MR) is 52.1 cm³/mol. The smallest absolute Gasteiger partial charge is 0.347 e. The lowest BCUT2D eigenvalue weighted by Gasteiger charge is -2.34. The Labute approximate surface area is 93.9 Å². The summed E-state index contributed by atoms with van der Waals surface area (Å²) in [5.74, 6) is 0. The average molecular weight is 245 g/mol. The molecule has 1 aromatic rings. The van der Waals surface area contributed by atoms with E-state index in [1.165, 1.54) is 0 Å². The van der Waals surface area contributed by atoms with Gasteiger partial charge in [-0.05, 0) is 0 Å². The van der Waals surface area contributed by atoms with Gasteiger partial charge in [-0.15, -0.1) is 0 Å². The van der Waals surface area contributed by atoms with Crippen LogP contribution in [0.3, 0.4) is 0 Å². The molecule has 1 fully saturated rings. The number of hydrogen-bond donors (Lipinski definition) is 4. The number of ether oxygens (including phenoxy) is 1. The van der Waals surface area contributed by atoms with Gasteiger partial charge in [0.1, 0.15) is 24.5 Å². The largest absolute Gasteiger partial charge is 0.388 e. The minimum Gasteiger partial charge on any atom is -0.388 e. The number of H-pyrrole nitrogens is 1. The van der Waals surface area contributed by atoms with Crippen LogP contribution < -0.4 is 11.2 Å². The molecule has 4 N–H and O–H groups in total. The van der Waals surface area contributed by atoms with Crippen LogP contribution in [0.25, 0.3) is 0 Å². The first-order valence-corrected chi connectivity index (χ1v) is 4.84. The molecule has 9 heteroatoms. The Morgan fingerprint density at radius 3 is 2.71 bits per heavy atom. The predicted octanol–water partition coefficient (Wildman–Crippen LogP) is -3.46. The fraction of sp³-hybridized carbons (Fsp3) is 0.625. The molecule has 0 radical (unpaired) electrons. The van der Waals surface area contributed by atoms with Gasteiger partial charge in [-0.2, -0.15) is 9.78 Å². The lowest BCUT2D eigenvalue weighted by Crippen LogP contribution is -2.53. The Hall–Kier alpha value is -1.55. The average Bonchev–Trinajstić information content (AvgIpc) is 2.28. The number of hydrogen-bond acceptors (Lipinski definition) is 7. The summed E-state index contributed by atoms with van der Waals surface area (Å²) in [6.07, 6.45) is -4.61. The molecule has 94 valence electrons. The van der Waals surface area contributed by atoms with Crippen molar-refractivity contribution in [2.24, 2.45) is 0 Å². The Bertz CT molecular complexity index is 510. The summed E-state index contributed by atoms with van der Waals surface area (Å²) in [5.41, 5.74) is -1.55. The van der Waals surface area contributed by atoms with Gasteiger partial charge in [-0.3, -0.25) is 9.78 Å². The highest BCUT2D eigenvalue weighted by Crippen LogP contribution is 2.21. The van der Waals surface area contributed by atoms with Crippen LogP contribution in [0.5, 0.6) is 0 Å². The summed E-state index contributed by atoms with van der Waals surface area (Å²) in [7, 11) is 0. The van der Waals surface area contributed by atoms with Crippen molar-refractivity contribution >= 4 is 0 Å². The standard InChI is InChI=1S/C8H11N3O6/c12-3-2-17-7(6(15)5(3)14)11-8(16)10-4(13)1-9-11/h1,3,5-7,12,14-15H,2H2,(H,10,13,16)/t3-,5+,6-,7-/m0/s1. The fourth-order valence-corrected chi connectivity index (χ4v) is 1.55. The normalized spacial score (nSPS) is 33.6. The number of aliphatic hydroxyl groups is 3. The van der Waals surface area contributed by atoms with Crippen LogP contribution in [-0.2, 0) is 4.74 Å². The zero-order valence-electron chi connectivity index (χ0n) is 8.55. The second-order valence-electron chi connectivity index (χ2n) is 3.66. The van der Waals surface area contributed by atoms with E-state index in [0.717, 1.165) is 6.20 Å². The van der Waals surface area contributed by atoms with E-state index in [-0.39, 0.29) is 6.61 Å². The van der Waals surface area contributed by atoms with Crippen molar-refractivity contribution in [1.82, 2.24) is 14.8 Å². The molecule has 1 aromatic heterocycles. The first-order valence-electron chi connectivity index (χ1n) is 4.84. The van der Waals surface area contributed by atoms with E-state index in [1.54, 1.807) is 0 Å². The van der Waals surface area contributed by atoms with E-state index in [2.05, 4.69) is 5.10 Å². The van der Waals surface area contributed by atoms with Gasteiger partial charge >= 0.3 is 5.69 Å². The molecule has 1 aliphatic heterocycles. The molecule has 1 aliphatic rings. The lowest BCUT2D eigenvalue weighted by atomic mass is 10.0. The Morgan fingerprint density at radius 1 is 1.35 bits per heavy atom. The van der Waals surface area contributed by atoms with Crippen molar-refractivity contribution < 1.29 is 20.1 Å². The Balaban J connectivity index is 2.34. The maximum Gasteiger partial charge on any atom is 0.347 e. The minimum atomic E-state index is -1.52. The summed E-state index contributed by atoms with van der Waals surface area (Å²) in [6.45, 7) is -0.254. The molecule has 17 heavy (non-hydrogen) atoms. The van der Waals surface area contributed by atoms with E-state index >= 15 is 0 Å². The maximum atomic E-state index is 11.4. The van der Waals surface area contributed by atoms with E-state index in [0.29, 0.717) is 4.68 Å². The van der Waals surface area contributed by atoms with Gasteiger partial charge in [-0.1, -0.05) is 0 Å². The molecule has 2 rings (SSSR count). The summed E-state index contributed by atoms with van der Waals surface area (Å²) in [6, 6.07) is 0. The van der Waals surface area contributed by atoms with Crippen LogP contribution in [-0.4, -0.2) is 55.0 Å². The highest BCUT2D eigenvalue weighted by Gasteiger charge is 2.39. The third-order valence-electron chi connectivity index (χ3n) is 2.45. The van der Waals surface area contributed by atoms with Gasteiger partial charge < -0.3 is 20.1 Å². The van der Waals surface area contributed by atoms with Gasteiger partial charge in [0.15, 0.2) is 6.23 Å². The SMILES string of the molecule is O=c1cnn([C@H]2OC[C@H](O)[C@@H](O)[C@@H]2O)c(=O)[nH]1. The number of nitrogens with zero attached hydrogens (tertiary/aromatic N) is 2. The van der Waals surface area contributed by atoms with Crippen molar-refractivity contribution in [2.45, 2.75) is 24.5 Å². The summed E-state index contributed by atoms with van der Waals surface area (Å²) < 4.78 is 5.69. The molecular weight excluding hydrogens is 234 g/mol. The molecule has 0 unspecified atom stereocenters. The molecule has 0 bridgehead atoms. The second kappa shape index (κ2) is 4.37. The highest BCUT2D eigenvalue weighted by atomic mass is 16.5. The number of rotatable bonds is 1. The summed E-state index contributed by atoms with van der Waals surface area (Å²) in [5, 5.41) is 31.8. The number of aliphatic hydroxyl groups excluding tert-OH is 3. The molecule has 0 aromatic carbocycles. The molecule has 9 nitrogen and oxygen atoms in total. The highest BCUT2D eigenvalue weighted by molar-refractivity contribution is 4.85. The topological polar surface area (TPSA) is 138 Å². The molecule has 2 heterocycles. The van der Waals surface area contributed by atoms with E-state index in [9.17, 15) is 24.9 Å². The second-order valence-corrected chi connectivity index (χ2v) is 3.66. The Morgan fingerprint density at radius 2 is 2.06 bits per heavy atom. The van der Waals surface area contributed by atoms with Crippen molar-refractivity contribution in [3.8, 4) is 0 Å². The quantitative estimate of drug-likeness (QED) is 0.403. The van der Waals surface area contributed by atoms with Crippen LogP contribution in [0.4, 0.5) is 0 Å². The Kier molecular flexibility index (Phi) is 3.07. The third kappa shape index (κ3) is 2.13. The van der Waals surface area contributed by atoms with Crippen molar-refractivity contribution in [3.05, 3.63) is 27.0 Å². The van der Waals surface area contributed by atoms with Crippen molar-refractivity contribution in [1.29, 1.82) is 0 Å². The molecular formula is C8H11N3O6. The number of aromatic amines is 1. The summed E-state index contributed by atoms with van der Waals surface area (Å²) >= 11 is 0. The number of aromatic nitrogens is 3. The first kappa shape index (κ1) is 11.9. The molecule has 0 aliphatic carbocycles. The van der Waals surface area contributed by atoms with Crippen LogP contribution >= 0.6 is 0 Å². The monoisotopic (exact) mass is 245 g/mol. The minimum absolute atomic E-state index is 0.254. The molecule has 0 saturated carbocycles. The molecule has 0 amide bonds. The van der Waals surface area contributed by atoms with Crippen LogP contribution in [0.15, 0.2) is 15.8 Å². The maximum absolute atomic E-state index is 11.4. The van der Waals surface area contributed by atoms with Crippen LogP contribution in [0, 0.1) is 0 Å².